The SMILES string of the molecule is CCCNc1nc(SC(C)C(C)C)nc(N(CC)CC)n1. The standard InChI is InChI=1S/C15H29N5S/c1-7-10-16-13-17-14(20(8-2)9-3)19-15(18-13)21-12(6)11(4)5/h11-12H,7-10H2,1-6H3,(H,16,17,18,19). The highest BCUT2D eigenvalue weighted by Gasteiger charge is 2.15. The second kappa shape index (κ2) is 9.07. The van der Waals surface area contributed by atoms with Gasteiger partial charge in [-0.3, -0.25) is 0 Å². The summed E-state index contributed by atoms with van der Waals surface area (Å²) in [7, 11) is 0. The van der Waals surface area contributed by atoms with E-state index in [4.69, 9.17) is 0 Å². The van der Waals surface area contributed by atoms with Crippen LogP contribution in [0.4, 0.5) is 11.9 Å². The summed E-state index contributed by atoms with van der Waals surface area (Å²) in [5, 5.41) is 4.57. The zero-order valence-corrected chi connectivity index (χ0v) is 15.0. The fourth-order valence-electron chi connectivity index (χ4n) is 1.66. The molecule has 1 aromatic rings. The smallest absolute Gasteiger partial charge is 0.231 e. The van der Waals surface area contributed by atoms with Gasteiger partial charge < -0.3 is 10.2 Å². The van der Waals surface area contributed by atoms with Gasteiger partial charge in [0.2, 0.25) is 11.9 Å². The van der Waals surface area contributed by atoms with Gasteiger partial charge in [0.25, 0.3) is 0 Å². The van der Waals surface area contributed by atoms with Gasteiger partial charge >= 0.3 is 0 Å². The van der Waals surface area contributed by atoms with Crippen LogP contribution in [-0.2, 0) is 0 Å². The summed E-state index contributed by atoms with van der Waals surface area (Å²) in [6, 6.07) is 0. The van der Waals surface area contributed by atoms with Gasteiger partial charge in [-0.25, -0.2) is 0 Å². The number of rotatable bonds is 9. The Hall–Kier alpha value is -1.04. The van der Waals surface area contributed by atoms with Gasteiger partial charge in [0.05, 0.1) is 0 Å². The normalized spacial score (nSPS) is 12.5. The first-order valence-electron chi connectivity index (χ1n) is 7.93. The molecule has 0 radical (unpaired) electrons. The molecule has 0 bridgehead atoms. The van der Waals surface area contributed by atoms with Crippen molar-refractivity contribution in [1.29, 1.82) is 0 Å². The number of aromatic nitrogens is 3. The second-order valence-corrected chi connectivity index (χ2v) is 6.75. The first kappa shape index (κ1) is 18.0. The minimum absolute atomic E-state index is 0.482. The van der Waals surface area contributed by atoms with Crippen LogP contribution in [0.5, 0.6) is 0 Å². The quantitative estimate of drug-likeness (QED) is 0.702. The first-order chi connectivity index (χ1) is 10.0. The lowest BCUT2D eigenvalue weighted by Crippen LogP contribution is -2.25. The molecule has 1 atom stereocenters. The summed E-state index contributed by atoms with van der Waals surface area (Å²) in [4.78, 5) is 15.9. The maximum atomic E-state index is 4.63. The highest BCUT2D eigenvalue weighted by atomic mass is 32.2. The van der Waals surface area contributed by atoms with Crippen molar-refractivity contribution in [2.24, 2.45) is 5.92 Å². The molecule has 0 spiro atoms. The van der Waals surface area contributed by atoms with Gasteiger partial charge in [0.1, 0.15) is 0 Å². The number of thioether (sulfide) groups is 1. The summed E-state index contributed by atoms with van der Waals surface area (Å²) < 4.78 is 0. The molecule has 6 heteroatoms. The molecule has 1 unspecified atom stereocenters. The van der Waals surface area contributed by atoms with Crippen molar-refractivity contribution < 1.29 is 0 Å². The Bertz CT molecular complexity index is 421. The largest absolute Gasteiger partial charge is 0.354 e. The van der Waals surface area contributed by atoms with E-state index in [0.717, 1.165) is 37.2 Å². The molecule has 5 nitrogen and oxygen atoms in total. The molecule has 21 heavy (non-hydrogen) atoms. The molecule has 0 amide bonds. The molecule has 0 aromatic carbocycles. The van der Waals surface area contributed by atoms with Crippen LogP contribution in [0.2, 0.25) is 0 Å². The van der Waals surface area contributed by atoms with E-state index in [1.165, 1.54) is 0 Å². The number of nitrogens with one attached hydrogen (secondary N) is 1. The topological polar surface area (TPSA) is 53.9 Å². The summed E-state index contributed by atoms with van der Waals surface area (Å²) in [5.74, 6) is 2.05. The predicted molar refractivity (Wildman–Crippen MR) is 92.3 cm³/mol. The van der Waals surface area contributed by atoms with Crippen LogP contribution in [0, 0.1) is 5.92 Å². The van der Waals surface area contributed by atoms with Gasteiger partial charge in [0, 0.05) is 24.9 Å². The minimum Gasteiger partial charge on any atom is -0.354 e. The third kappa shape index (κ3) is 5.69. The van der Waals surface area contributed by atoms with Crippen molar-refractivity contribution in [1.82, 2.24) is 15.0 Å². The van der Waals surface area contributed by atoms with Crippen LogP contribution in [0.1, 0.15) is 48.0 Å². The monoisotopic (exact) mass is 311 g/mol. The van der Waals surface area contributed by atoms with Gasteiger partial charge in [-0.05, 0) is 26.2 Å². The highest BCUT2D eigenvalue weighted by Crippen LogP contribution is 2.26. The van der Waals surface area contributed by atoms with Crippen molar-refractivity contribution in [2.45, 2.75) is 58.4 Å². The molecule has 0 saturated carbocycles. The molecule has 0 aliphatic carbocycles. The number of hydrogen-bond donors (Lipinski definition) is 1. The average molecular weight is 311 g/mol. The average Bonchev–Trinajstić information content (AvgIpc) is 2.46. The Morgan fingerprint density at radius 3 is 2.24 bits per heavy atom. The first-order valence-corrected chi connectivity index (χ1v) is 8.81. The van der Waals surface area contributed by atoms with Crippen molar-refractivity contribution in [3.05, 3.63) is 0 Å². The van der Waals surface area contributed by atoms with E-state index in [-0.39, 0.29) is 0 Å². The van der Waals surface area contributed by atoms with Crippen LogP contribution in [-0.4, -0.2) is 39.8 Å². The molecule has 1 rings (SSSR count). The number of nitrogens with zero attached hydrogens (tertiary/aromatic N) is 4. The Morgan fingerprint density at radius 2 is 1.71 bits per heavy atom. The van der Waals surface area contributed by atoms with Gasteiger partial charge in [-0.1, -0.05) is 39.5 Å². The summed E-state index contributed by atoms with van der Waals surface area (Å²) >= 11 is 1.72. The van der Waals surface area contributed by atoms with E-state index < -0.39 is 0 Å². The van der Waals surface area contributed by atoms with Crippen molar-refractivity contribution in [3.63, 3.8) is 0 Å². The van der Waals surface area contributed by atoms with Crippen LogP contribution >= 0.6 is 11.8 Å². The van der Waals surface area contributed by atoms with E-state index in [1.54, 1.807) is 11.8 Å². The summed E-state index contributed by atoms with van der Waals surface area (Å²) in [6.45, 7) is 15.7. The molecule has 1 aromatic heterocycles. The van der Waals surface area contributed by atoms with E-state index >= 15 is 0 Å². The molecular formula is C15H29N5S. The Morgan fingerprint density at radius 1 is 1.05 bits per heavy atom. The summed E-state index contributed by atoms with van der Waals surface area (Å²) in [5.41, 5.74) is 0. The van der Waals surface area contributed by atoms with Crippen LogP contribution in [0.25, 0.3) is 0 Å². The predicted octanol–water partition coefficient (Wildman–Crippen LogP) is 3.68. The second-order valence-electron chi connectivity index (χ2n) is 5.41. The lowest BCUT2D eigenvalue weighted by molar-refractivity contribution is 0.639. The molecule has 0 fully saturated rings. The molecule has 0 aliphatic rings. The molecular weight excluding hydrogens is 282 g/mol. The molecule has 120 valence electrons. The van der Waals surface area contributed by atoms with Crippen molar-refractivity contribution in [2.75, 3.05) is 29.9 Å². The third-order valence-corrected chi connectivity index (χ3v) is 4.72. The zero-order valence-electron chi connectivity index (χ0n) is 14.2. The van der Waals surface area contributed by atoms with E-state index in [2.05, 4.69) is 66.7 Å². The summed E-state index contributed by atoms with van der Waals surface area (Å²) in [6.07, 6.45) is 1.05. The maximum absolute atomic E-state index is 4.63. The third-order valence-electron chi connectivity index (χ3n) is 3.41. The van der Waals surface area contributed by atoms with Crippen molar-refractivity contribution >= 4 is 23.7 Å². The van der Waals surface area contributed by atoms with Gasteiger partial charge in [0.15, 0.2) is 5.16 Å². The highest BCUT2D eigenvalue weighted by molar-refractivity contribution is 7.99. The molecule has 1 N–H and O–H groups in total. The Labute approximate surface area is 133 Å². The van der Waals surface area contributed by atoms with E-state index in [9.17, 15) is 0 Å². The lowest BCUT2D eigenvalue weighted by atomic mass is 10.2. The van der Waals surface area contributed by atoms with Gasteiger partial charge in [-0.2, -0.15) is 15.0 Å². The van der Waals surface area contributed by atoms with E-state index in [1.807, 2.05) is 0 Å². The van der Waals surface area contributed by atoms with Crippen LogP contribution in [0.15, 0.2) is 5.16 Å². The molecule has 1 heterocycles. The Balaban J connectivity index is 3.02. The number of anilines is 2. The number of hydrogen-bond acceptors (Lipinski definition) is 6. The molecule has 0 aliphatic heterocycles. The minimum atomic E-state index is 0.482. The van der Waals surface area contributed by atoms with Crippen LogP contribution < -0.4 is 10.2 Å². The van der Waals surface area contributed by atoms with E-state index in [0.29, 0.717) is 17.1 Å². The van der Waals surface area contributed by atoms with Crippen LogP contribution in [0.3, 0.4) is 0 Å². The zero-order chi connectivity index (χ0) is 15.8. The fraction of sp³-hybridized carbons (Fsp3) is 0.800. The molecule has 0 saturated heterocycles. The maximum Gasteiger partial charge on any atom is 0.231 e. The van der Waals surface area contributed by atoms with Crippen molar-refractivity contribution in [3.8, 4) is 0 Å². The Kier molecular flexibility index (Phi) is 7.78. The fourth-order valence-corrected chi connectivity index (χ4v) is 2.54. The lowest BCUT2D eigenvalue weighted by Gasteiger charge is -2.20. The van der Waals surface area contributed by atoms with Gasteiger partial charge in [-0.15, -0.1) is 0 Å².